The maximum Gasteiger partial charge on any atom is 0.319 e. The zero-order valence-corrected chi connectivity index (χ0v) is 17.5. The molecule has 3 N–H and O–H groups in total. The first-order valence-electron chi connectivity index (χ1n) is 9.84. The lowest BCUT2D eigenvalue weighted by molar-refractivity contribution is -0.148. The molecule has 1 aromatic carbocycles. The van der Waals surface area contributed by atoms with E-state index in [0.29, 0.717) is 38.2 Å². The van der Waals surface area contributed by atoms with Gasteiger partial charge in [0.2, 0.25) is 5.91 Å². The molecule has 2 aliphatic rings. The minimum Gasteiger partial charge on any atom is -0.384 e. The van der Waals surface area contributed by atoms with Gasteiger partial charge in [0.1, 0.15) is 5.82 Å². The number of halogens is 2. The average Bonchev–Trinajstić information content (AvgIpc) is 2.71. The fraction of sp³-hybridized carbons (Fsp3) is 0.600. The van der Waals surface area contributed by atoms with E-state index in [9.17, 15) is 14.0 Å². The Morgan fingerprint density at radius 3 is 2.41 bits per heavy atom. The van der Waals surface area contributed by atoms with Gasteiger partial charge >= 0.3 is 6.03 Å². The first kappa shape index (κ1) is 23.4. The van der Waals surface area contributed by atoms with E-state index in [0.717, 1.165) is 25.9 Å². The highest BCUT2D eigenvalue weighted by Crippen LogP contribution is 2.32. The molecule has 9 heteroatoms. The number of urea groups is 1. The van der Waals surface area contributed by atoms with E-state index in [1.54, 1.807) is 7.11 Å². The van der Waals surface area contributed by atoms with Crippen molar-refractivity contribution >= 4 is 30.0 Å². The van der Waals surface area contributed by atoms with E-state index in [-0.39, 0.29) is 36.2 Å². The van der Waals surface area contributed by atoms with E-state index < -0.39 is 5.41 Å². The lowest BCUT2D eigenvalue weighted by Crippen LogP contribution is -2.55. The van der Waals surface area contributed by atoms with Crippen LogP contribution in [-0.2, 0) is 9.53 Å². The van der Waals surface area contributed by atoms with Crippen molar-refractivity contribution in [3.63, 3.8) is 0 Å². The SMILES string of the molecule is COCC1(C(=O)N2CCC(NC(=O)Nc3ccc(F)cc3)CC2)CCNCC1.Cl. The van der Waals surface area contributed by atoms with Crippen LogP contribution in [0.1, 0.15) is 25.7 Å². The van der Waals surface area contributed by atoms with Gasteiger partial charge in [-0.2, -0.15) is 0 Å². The number of nitrogens with zero attached hydrogens (tertiary/aromatic N) is 1. The molecule has 2 aliphatic heterocycles. The smallest absolute Gasteiger partial charge is 0.319 e. The molecule has 3 amide bonds. The number of amides is 3. The van der Waals surface area contributed by atoms with Crippen molar-refractivity contribution < 1.29 is 18.7 Å². The maximum absolute atomic E-state index is 13.2. The molecule has 0 radical (unpaired) electrons. The summed E-state index contributed by atoms with van der Waals surface area (Å²) in [6, 6.07) is 5.34. The van der Waals surface area contributed by atoms with Crippen molar-refractivity contribution in [2.24, 2.45) is 5.41 Å². The van der Waals surface area contributed by atoms with Crippen LogP contribution in [0.4, 0.5) is 14.9 Å². The van der Waals surface area contributed by atoms with Crippen molar-refractivity contribution in [1.29, 1.82) is 0 Å². The Kier molecular flexibility index (Phi) is 8.67. The van der Waals surface area contributed by atoms with Gasteiger partial charge in [0.05, 0.1) is 12.0 Å². The fourth-order valence-electron chi connectivity index (χ4n) is 4.05. The summed E-state index contributed by atoms with van der Waals surface area (Å²) in [5.41, 5.74) is 0.110. The van der Waals surface area contributed by atoms with Gasteiger partial charge in [-0.25, -0.2) is 9.18 Å². The highest BCUT2D eigenvalue weighted by Gasteiger charge is 2.43. The standard InChI is InChI=1S/C20H29FN4O3.ClH/c1-28-14-20(8-10-22-11-9-20)18(26)25-12-6-17(7-13-25)24-19(27)23-16-4-2-15(21)3-5-16;/h2-5,17,22H,6-14H2,1H3,(H2,23,24,27);1H. The number of hydrogen-bond donors (Lipinski definition) is 3. The molecule has 2 heterocycles. The first-order chi connectivity index (χ1) is 13.5. The van der Waals surface area contributed by atoms with Crippen molar-refractivity contribution in [3.8, 4) is 0 Å². The van der Waals surface area contributed by atoms with Gasteiger partial charge in [0, 0.05) is 31.9 Å². The number of piperidine rings is 2. The lowest BCUT2D eigenvalue weighted by atomic mass is 9.78. The van der Waals surface area contributed by atoms with Gasteiger partial charge in [-0.15, -0.1) is 12.4 Å². The summed E-state index contributed by atoms with van der Waals surface area (Å²) in [5, 5.41) is 8.95. The lowest BCUT2D eigenvalue weighted by Gasteiger charge is -2.42. The third-order valence-electron chi connectivity index (χ3n) is 5.65. The quantitative estimate of drug-likeness (QED) is 0.672. The zero-order chi connectivity index (χ0) is 20.0. The molecule has 2 saturated heterocycles. The Bertz CT molecular complexity index is 669. The summed E-state index contributed by atoms with van der Waals surface area (Å²) < 4.78 is 18.3. The van der Waals surface area contributed by atoms with Gasteiger partial charge in [-0.3, -0.25) is 4.79 Å². The molecule has 0 bridgehead atoms. The highest BCUT2D eigenvalue weighted by molar-refractivity contribution is 5.89. The Morgan fingerprint density at radius 2 is 1.83 bits per heavy atom. The van der Waals surface area contributed by atoms with Crippen molar-refractivity contribution in [1.82, 2.24) is 15.5 Å². The predicted molar refractivity (Wildman–Crippen MR) is 112 cm³/mol. The van der Waals surface area contributed by atoms with Crippen LogP contribution in [0, 0.1) is 11.2 Å². The Labute approximate surface area is 177 Å². The number of nitrogens with one attached hydrogen (secondary N) is 3. The molecule has 1 aromatic rings. The van der Waals surface area contributed by atoms with Crippen LogP contribution in [0.2, 0.25) is 0 Å². The summed E-state index contributed by atoms with van der Waals surface area (Å²) in [4.78, 5) is 27.2. The van der Waals surface area contributed by atoms with E-state index in [4.69, 9.17) is 4.74 Å². The number of likely N-dealkylation sites (tertiary alicyclic amines) is 1. The van der Waals surface area contributed by atoms with Crippen molar-refractivity contribution in [2.75, 3.05) is 45.2 Å². The maximum atomic E-state index is 13.2. The second-order valence-electron chi connectivity index (χ2n) is 7.64. The van der Waals surface area contributed by atoms with Gasteiger partial charge in [-0.1, -0.05) is 0 Å². The van der Waals surface area contributed by atoms with Gasteiger partial charge in [-0.05, 0) is 63.0 Å². The summed E-state index contributed by atoms with van der Waals surface area (Å²) in [6.45, 7) is 3.36. The minimum absolute atomic E-state index is 0. The van der Waals surface area contributed by atoms with Crippen LogP contribution < -0.4 is 16.0 Å². The summed E-state index contributed by atoms with van der Waals surface area (Å²) in [6.07, 6.45) is 3.00. The number of carbonyl (C=O) groups is 2. The average molecular weight is 429 g/mol. The minimum atomic E-state index is -0.430. The zero-order valence-electron chi connectivity index (χ0n) is 16.7. The molecule has 0 aromatic heterocycles. The van der Waals surface area contributed by atoms with E-state index in [1.807, 2.05) is 4.90 Å². The van der Waals surface area contributed by atoms with E-state index >= 15 is 0 Å². The monoisotopic (exact) mass is 428 g/mol. The van der Waals surface area contributed by atoms with Crippen molar-refractivity contribution in [3.05, 3.63) is 30.1 Å². The molecule has 0 unspecified atom stereocenters. The molecule has 162 valence electrons. The second kappa shape index (κ2) is 10.8. The number of rotatable bonds is 5. The number of carbonyl (C=O) groups excluding carboxylic acids is 2. The Morgan fingerprint density at radius 1 is 1.21 bits per heavy atom. The van der Waals surface area contributed by atoms with Crippen LogP contribution in [0.3, 0.4) is 0 Å². The number of hydrogen-bond acceptors (Lipinski definition) is 4. The first-order valence-corrected chi connectivity index (χ1v) is 9.84. The predicted octanol–water partition coefficient (Wildman–Crippen LogP) is 2.38. The second-order valence-corrected chi connectivity index (χ2v) is 7.64. The molecule has 0 aliphatic carbocycles. The number of benzene rings is 1. The van der Waals surface area contributed by atoms with Crippen LogP contribution in [0.15, 0.2) is 24.3 Å². The summed E-state index contributed by atoms with van der Waals surface area (Å²) in [5.74, 6) is -0.173. The molecule has 0 saturated carbocycles. The largest absolute Gasteiger partial charge is 0.384 e. The molecule has 7 nitrogen and oxygen atoms in total. The normalized spacial score (nSPS) is 19.2. The molecule has 2 fully saturated rings. The number of ether oxygens (including phenoxy) is 1. The fourth-order valence-corrected chi connectivity index (χ4v) is 4.05. The summed E-state index contributed by atoms with van der Waals surface area (Å²) >= 11 is 0. The van der Waals surface area contributed by atoms with E-state index in [1.165, 1.54) is 24.3 Å². The Balaban J connectivity index is 0.00000300. The third kappa shape index (κ3) is 6.04. The van der Waals surface area contributed by atoms with Crippen LogP contribution >= 0.6 is 12.4 Å². The molecule has 0 atom stereocenters. The molecule has 29 heavy (non-hydrogen) atoms. The molecular formula is C20H30ClFN4O3. The highest BCUT2D eigenvalue weighted by atomic mass is 35.5. The summed E-state index contributed by atoms with van der Waals surface area (Å²) in [7, 11) is 1.65. The molecule has 0 spiro atoms. The third-order valence-corrected chi connectivity index (χ3v) is 5.65. The van der Waals surface area contributed by atoms with Crippen LogP contribution in [0.5, 0.6) is 0 Å². The van der Waals surface area contributed by atoms with Crippen LogP contribution in [-0.4, -0.2) is 62.8 Å². The topological polar surface area (TPSA) is 82.7 Å². The van der Waals surface area contributed by atoms with E-state index in [2.05, 4.69) is 16.0 Å². The molecule has 3 rings (SSSR count). The number of methoxy groups -OCH3 is 1. The Hall–Kier alpha value is -1.90. The number of anilines is 1. The molecular weight excluding hydrogens is 399 g/mol. The van der Waals surface area contributed by atoms with Gasteiger partial charge < -0.3 is 25.6 Å². The van der Waals surface area contributed by atoms with Gasteiger partial charge in [0.15, 0.2) is 0 Å². The van der Waals surface area contributed by atoms with Crippen LogP contribution in [0.25, 0.3) is 0 Å². The van der Waals surface area contributed by atoms with Gasteiger partial charge in [0.25, 0.3) is 0 Å². The van der Waals surface area contributed by atoms with Crippen molar-refractivity contribution in [2.45, 2.75) is 31.7 Å².